The molecule has 0 spiro atoms. The van der Waals surface area contributed by atoms with E-state index >= 15 is 0 Å². The maximum Gasteiger partial charge on any atom is 0.235 e. The van der Waals surface area contributed by atoms with Gasteiger partial charge < -0.3 is 10.4 Å². The van der Waals surface area contributed by atoms with Crippen LogP contribution in [0.4, 0.5) is 0 Å². The van der Waals surface area contributed by atoms with Gasteiger partial charge in [-0.05, 0) is 55.8 Å². The molecule has 4 heteroatoms. The summed E-state index contributed by atoms with van der Waals surface area (Å²) in [6, 6.07) is 0. The highest BCUT2D eigenvalue weighted by molar-refractivity contribution is 6.27. The van der Waals surface area contributed by atoms with Crippen molar-refractivity contribution in [3.63, 3.8) is 0 Å². The molecule has 4 fully saturated rings. The first-order valence-corrected chi connectivity index (χ1v) is 7.19. The van der Waals surface area contributed by atoms with Gasteiger partial charge in [0.1, 0.15) is 5.88 Å². The van der Waals surface area contributed by atoms with Crippen LogP contribution in [0.5, 0.6) is 0 Å². The van der Waals surface area contributed by atoms with E-state index in [2.05, 4.69) is 5.32 Å². The first kappa shape index (κ1) is 11.8. The van der Waals surface area contributed by atoms with Crippen molar-refractivity contribution < 1.29 is 9.90 Å². The Labute approximate surface area is 107 Å². The monoisotopic (exact) mass is 257 g/mol. The lowest BCUT2D eigenvalue weighted by Gasteiger charge is -2.60. The lowest BCUT2D eigenvalue weighted by molar-refractivity contribution is -0.134. The molecule has 0 aliphatic heterocycles. The van der Waals surface area contributed by atoms with Gasteiger partial charge in [0, 0.05) is 0 Å². The van der Waals surface area contributed by atoms with E-state index in [4.69, 9.17) is 11.6 Å². The molecule has 0 heterocycles. The number of carbonyl (C=O) groups excluding carboxylic acids is 1. The van der Waals surface area contributed by atoms with Crippen LogP contribution in [0.15, 0.2) is 0 Å². The second-order valence-electron chi connectivity index (χ2n) is 6.18. The number of nitrogens with one attached hydrogen (secondary N) is 1. The first-order chi connectivity index (χ1) is 8.18. The Hall–Kier alpha value is -0.280. The van der Waals surface area contributed by atoms with Crippen molar-refractivity contribution in [2.24, 2.45) is 23.7 Å². The molecule has 0 aromatic carbocycles. The first-order valence-electron chi connectivity index (χ1n) is 6.65. The van der Waals surface area contributed by atoms with Crippen LogP contribution >= 0.6 is 11.6 Å². The molecule has 0 radical (unpaired) electrons. The van der Waals surface area contributed by atoms with Crippen LogP contribution < -0.4 is 5.32 Å². The van der Waals surface area contributed by atoms with E-state index in [1.54, 1.807) is 0 Å². The molecule has 17 heavy (non-hydrogen) atoms. The van der Waals surface area contributed by atoms with Crippen molar-refractivity contribution in [2.45, 2.75) is 37.6 Å². The highest BCUT2D eigenvalue weighted by Crippen LogP contribution is 2.58. The molecule has 4 rings (SSSR count). The third kappa shape index (κ3) is 1.70. The average Bonchev–Trinajstić information content (AvgIpc) is 2.33. The minimum Gasteiger partial charge on any atom is -0.394 e. The summed E-state index contributed by atoms with van der Waals surface area (Å²) in [5.74, 6) is 2.48. The molecule has 0 atom stereocenters. The number of hydrogen-bond acceptors (Lipinski definition) is 2. The molecular weight excluding hydrogens is 238 g/mol. The normalized spacial score (nSPS) is 47.2. The summed E-state index contributed by atoms with van der Waals surface area (Å²) in [5.41, 5.74) is -0.362. The molecule has 0 saturated heterocycles. The van der Waals surface area contributed by atoms with Gasteiger partial charge in [0.15, 0.2) is 0 Å². The third-order valence-corrected chi connectivity index (χ3v) is 5.59. The molecule has 96 valence electrons. The van der Waals surface area contributed by atoms with Crippen LogP contribution in [0.3, 0.4) is 0 Å². The molecule has 1 amide bonds. The van der Waals surface area contributed by atoms with Gasteiger partial charge in [-0.15, -0.1) is 11.6 Å². The largest absolute Gasteiger partial charge is 0.394 e. The number of rotatable bonds is 3. The Morgan fingerprint density at radius 2 is 1.71 bits per heavy atom. The van der Waals surface area contributed by atoms with E-state index in [0.717, 1.165) is 11.8 Å². The summed E-state index contributed by atoms with van der Waals surface area (Å²) >= 11 is 5.59. The Balaban J connectivity index is 1.86. The highest BCUT2D eigenvalue weighted by atomic mass is 35.5. The molecular formula is C13H20ClNO2. The average molecular weight is 258 g/mol. The number of amides is 1. The molecule has 0 unspecified atom stereocenters. The Bertz CT molecular complexity index is 303. The van der Waals surface area contributed by atoms with Crippen LogP contribution in [0.2, 0.25) is 0 Å². The summed E-state index contributed by atoms with van der Waals surface area (Å²) in [6.07, 6.45) is 6.08. The van der Waals surface area contributed by atoms with Crippen molar-refractivity contribution in [2.75, 3.05) is 12.5 Å². The quantitative estimate of drug-likeness (QED) is 0.754. The number of hydrogen-bond donors (Lipinski definition) is 2. The Morgan fingerprint density at radius 1 is 1.18 bits per heavy atom. The summed E-state index contributed by atoms with van der Waals surface area (Å²) in [5, 5.41) is 12.9. The summed E-state index contributed by atoms with van der Waals surface area (Å²) < 4.78 is 0. The summed E-state index contributed by atoms with van der Waals surface area (Å²) in [6.45, 7) is 0.0738. The molecule has 0 aromatic heterocycles. The molecule has 3 nitrogen and oxygen atoms in total. The van der Waals surface area contributed by atoms with Crippen molar-refractivity contribution in [1.29, 1.82) is 0 Å². The van der Waals surface area contributed by atoms with Crippen LogP contribution in [-0.4, -0.2) is 29.0 Å². The maximum atomic E-state index is 11.6. The third-order valence-electron chi connectivity index (χ3n) is 5.35. The summed E-state index contributed by atoms with van der Waals surface area (Å²) in [4.78, 5) is 11.6. The van der Waals surface area contributed by atoms with Gasteiger partial charge in [-0.2, -0.15) is 0 Å². The zero-order valence-corrected chi connectivity index (χ0v) is 10.7. The second kappa shape index (κ2) is 4.13. The standard InChI is InChI=1S/C13H20ClNO2/c14-6-12(17)15-13(7-16)10-2-8-1-9(4-10)5-11(13)3-8/h8-11,16H,1-7H2,(H,15,17). The molecule has 0 aromatic rings. The fourth-order valence-corrected chi connectivity index (χ4v) is 4.89. The van der Waals surface area contributed by atoms with E-state index < -0.39 is 0 Å². The number of carbonyl (C=O) groups is 1. The highest BCUT2D eigenvalue weighted by Gasteiger charge is 2.57. The van der Waals surface area contributed by atoms with Gasteiger partial charge in [-0.1, -0.05) is 0 Å². The Kier molecular flexibility index (Phi) is 2.86. The van der Waals surface area contributed by atoms with Crippen molar-refractivity contribution in [1.82, 2.24) is 5.32 Å². The van der Waals surface area contributed by atoms with Crippen molar-refractivity contribution in [3.8, 4) is 0 Å². The predicted molar refractivity (Wildman–Crippen MR) is 65.7 cm³/mol. The zero-order chi connectivity index (χ0) is 12.0. The Morgan fingerprint density at radius 3 is 2.12 bits per heavy atom. The predicted octanol–water partition coefficient (Wildman–Crippen LogP) is 1.53. The lowest BCUT2D eigenvalue weighted by Crippen LogP contribution is -2.68. The molecule has 4 bridgehead atoms. The van der Waals surface area contributed by atoms with Gasteiger partial charge in [-0.3, -0.25) is 4.79 Å². The van der Waals surface area contributed by atoms with Gasteiger partial charge in [0.25, 0.3) is 0 Å². The maximum absolute atomic E-state index is 11.6. The number of aliphatic hydroxyl groups excluding tert-OH is 1. The zero-order valence-electron chi connectivity index (χ0n) is 9.99. The van der Waals surface area contributed by atoms with Crippen LogP contribution in [-0.2, 0) is 4.79 Å². The van der Waals surface area contributed by atoms with E-state index in [1.807, 2.05) is 0 Å². The van der Waals surface area contributed by atoms with Gasteiger partial charge >= 0.3 is 0 Å². The van der Waals surface area contributed by atoms with Gasteiger partial charge in [-0.25, -0.2) is 0 Å². The molecule has 2 N–H and O–H groups in total. The second-order valence-corrected chi connectivity index (χ2v) is 6.45. The van der Waals surface area contributed by atoms with Gasteiger partial charge in [0.2, 0.25) is 5.91 Å². The van der Waals surface area contributed by atoms with Crippen molar-refractivity contribution in [3.05, 3.63) is 0 Å². The fraction of sp³-hybridized carbons (Fsp3) is 0.923. The SMILES string of the molecule is O=C(CCl)NC1(CO)C2CC3CC(C2)CC1C3. The minimum atomic E-state index is -0.362. The molecule has 4 aliphatic rings. The topological polar surface area (TPSA) is 49.3 Å². The van der Waals surface area contributed by atoms with E-state index in [0.29, 0.717) is 11.8 Å². The van der Waals surface area contributed by atoms with E-state index in [-0.39, 0.29) is 23.9 Å². The van der Waals surface area contributed by atoms with E-state index in [9.17, 15) is 9.90 Å². The van der Waals surface area contributed by atoms with Crippen LogP contribution in [0.1, 0.15) is 32.1 Å². The van der Waals surface area contributed by atoms with E-state index in [1.165, 1.54) is 32.1 Å². The smallest absolute Gasteiger partial charge is 0.235 e. The fourth-order valence-electron chi connectivity index (χ4n) is 4.82. The number of alkyl halides is 1. The van der Waals surface area contributed by atoms with Crippen molar-refractivity contribution >= 4 is 17.5 Å². The van der Waals surface area contributed by atoms with Gasteiger partial charge in [0.05, 0.1) is 12.1 Å². The molecule has 4 aliphatic carbocycles. The summed E-state index contributed by atoms with van der Waals surface area (Å²) in [7, 11) is 0. The number of aliphatic hydroxyl groups is 1. The minimum absolute atomic E-state index is 0.00591. The number of halogens is 1. The lowest BCUT2D eigenvalue weighted by atomic mass is 9.48. The van der Waals surface area contributed by atoms with Crippen LogP contribution in [0, 0.1) is 23.7 Å². The molecule has 4 saturated carbocycles. The van der Waals surface area contributed by atoms with Crippen LogP contribution in [0.25, 0.3) is 0 Å².